The Morgan fingerprint density at radius 2 is 2.06 bits per heavy atom. The third kappa shape index (κ3) is 7.82. The SMILES string of the molecule is Cc1ccc(NC(=O)COc2ccc(Br)cc2/C=N\NC(=O)C(=O)NC[C@@H]2CCCO2)cc1Cl. The third-order valence-corrected chi connectivity index (χ3v) is 5.78. The monoisotopic (exact) mass is 550 g/mol. The molecule has 0 aliphatic carbocycles. The summed E-state index contributed by atoms with van der Waals surface area (Å²) in [6.07, 6.45) is 3.04. The van der Waals surface area contributed by atoms with Gasteiger partial charge in [-0.05, 0) is 55.7 Å². The van der Waals surface area contributed by atoms with Crippen LogP contribution in [0.15, 0.2) is 46.0 Å². The lowest BCUT2D eigenvalue weighted by Gasteiger charge is -2.11. The molecule has 0 aromatic heterocycles. The number of nitrogens with zero attached hydrogens (tertiary/aromatic N) is 1. The van der Waals surface area contributed by atoms with E-state index in [9.17, 15) is 14.4 Å². The average Bonchev–Trinajstić information content (AvgIpc) is 3.33. The van der Waals surface area contributed by atoms with E-state index in [2.05, 4.69) is 37.1 Å². The third-order valence-electron chi connectivity index (χ3n) is 4.88. The van der Waals surface area contributed by atoms with Gasteiger partial charge in [-0.1, -0.05) is 33.6 Å². The number of nitrogens with one attached hydrogen (secondary N) is 3. The molecular weight excluding hydrogens is 528 g/mol. The number of amides is 3. The van der Waals surface area contributed by atoms with E-state index >= 15 is 0 Å². The second-order valence-electron chi connectivity index (χ2n) is 7.53. The lowest BCUT2D eigenvalue weighted by molar-refractivity contribution is -0.139. The molecule has 1 heterocycles. The topological polar surface area (TPSA) is 118 Å². The summed E-state index contributed by atoms with van der Waals surface area (Å²) >= 11 is 9.44. The molecule has 1 aliphatic rings. The number of halogens is 2. The van der Waals surface area contributed by atoms with E-state index in [0.717, 1.165) is 22.9 Å². The van der Waals surface area contributed by atoms with Gasteiger partial charge in [-0.3, -0.25) is 14.4 Å². The van der Waals surface area contributed by atoms with Crippen LogP contribution in [0.4, 0.5) is 5.69 Å². The number of hydrogen-bond acceptors (Lipinski definition) is 6. The minimum Gasteiger partial charge on any atom is -0.483 e. The van der Waals surface area contributed by atoms with Crippen LogP contribution >= 0.6 is 27.5 Å². The number of carbonyl (C=O) groups is 3. The largest absolute Gasteiger partial charge is 0.483 e. The molecule has 180 valence electrons. The van der Waals surface area contributed by atoms with Gasteiger partial charge < -0.3 is 20.1 Å². The molecule has 3 N–H and O–H groups in total. The van der Waals surface area contributed by atoms with Crippen molar-refractivity contribution in [3.63, 3.8) is 0 Å². The first-order valence-corrected chi connectivity index (χ1v) is 11.7. The van der Waals surface area contributed by atoms with Crippen LogP contribution in [0.25, 0.3) is 0 Å². The smallest absolute Gasteiger partial charge is 0.329 e. The number of benzene rings is 2. The highest BCUT2D eigenvalue weighted by atomic mass is 79.9. The van der Waals surface area contributed by atoms with Crippen molar-refractivity contribution in [1.82, 2.24) is 10.7 Å². The van der Waals surface area contributed by atoms with Crippen LogP contribution in [0, 0.1) is 6.92 Å². The van der Waals surface area contributed by atoms with Gasteiger partial charge in [0.15, 0.2) is 6.61 Å². The summed E-state index contributed by atoms with van der Waals surface area (Å²) < 4.78 is 11.8. The Morgan fingerprint density at radius 1 is 1.24 bits per heavy atom. The van der Waals surface area contributed by atoms with Gasteiger partial charge in [0.25, 0.3) is 5.91 Å². The van der Waals surface area contributed by atoms with Crippen molar-refractivity contribution in [3.05, 3.63) is 57.0 Å². The van der Waals surface area contributed by atoms with E-state index in [1.165, 1.54) is 6.21 Å². The lowest BCUT2D eigenvalue weighted by Crippen LogP contribution is -2.41. The highest BCUT2D eigenvalue weighted by Crippen LogP contribution is 2.23. The van der Waals surface area contributed by atoms with Crippen molar-refractivity contribution in [1.29, 1.82) is 0 Å². The minimum absolute atomic E-state index is 0.0678. The Balaban J connectivity index is 1.52. The molecule has 2 aromatic rings. The van der Waals surface area contributed by atoms with Gasteiger partial charge in [0.2, 0.25) is 0 Å². The van der Waals surface area contributed by atoms with Crippen molar-refractivity contribution in [3.8, 4) is 5.75 Å². The van der Waals surface area contributed by atoms with Crippen LogP contribution in [-0.4, -0.2) is 49.8 Å². The number of rotatable bonds is 8. The molecule has 3 rings (SSSR count). The van der Waals surface area contributed by atoms with Crippen LogP contribution in [-0.2, 0) is 19.1 Å². The van der Waals surface area contributed by atoms with E-state index in [-0.39, 0.29) is 25.2 Å². The summed E-state index contributed by atoms with van der Waals surface area (Å²) in [6, 6.07) is 10.3. The summed E-state index contributed by atoms with van der Waals surface area (Å²) in [7, 11) is 0. The molecule has 0 radical (unpaired) electrons. The Morgan fingerprint density at radius 3 is 2.79 bits per heavy atom. The number of hydrazone groups is 1. The Labute approximate surface area is 210 Å². The molecule has 1 saturated heterocycles. The maximum Gasteiger partial charge on any atom is 0.329 e. The van der Waals surface area contributed by atoms with Gasteiger partial charge in [0.1, 0.15) is 5.75 Å². The molecule has 3 amide bonds. The number of aryl methyl sites for hydroxylation is 1. The van der Waals surface area contributed by atoms with E-state index in [1.807, 2.05) is 6.92 Å². The van der Waals surface area contributed by atoms with E-state index in [0.29, 0.717) is 28.6 Å². The van der Waals surface area contributed by atoms with E-state index in [1.54, 1.807) is 36.4 Å². The fourth-order valence-electron chi connectivity index (χ4n) is 3.07. The molecule has 0 bridgehead atoms. The molecular formula is C23H24BrClN4O5. The Kier molecular flexibility index (Phi) is 9.43. The van der Waals surface area contributed by atoms with Gasteiger partial charge in [0.05, 0.1) is 12.3 Å². The average molecular weight is 552 g/mol. The molecule has 1 aliphatic heterocycles. The molecule has 0 saturated carbocycles. The van der Waals surface area contributed by atoms with Crippen molar-refractivity contribution in [2.75, 3.05) is 25.1 Å². The van der Waals surface area contributed by atoms with Crippen LogP contribution < -0.4 is 20.8 Å². The molecule has 34 heavy (non-hydrogen) atoms. The van der Waals surface area contributed by atoms with Crippen LogP contribution in [0.2, 0.25) is 5.02 Å². The van der Waals surface area contributed by atoms with Crippen molar-refractivity contribution in [2.45, 2.75) is 25.9 Å². The molecule has 1 fully saturated rings. The fourth-order valence-corrected chi connectivity index (χ4v) is 3.63. The van der Waals surface area contributed by atoms with Crippen LogP contribution in [0.3, 0.4) is 0 Å². The van der Waals surface area contributed by atoms with Gasteiger partial charge >= 0.3 is 11.8 Å². The first kappa shape index (κ1) is 25.7. The molecule has 2 aromatic carbocycles. The number of carbonyl (C=O) groups excluding carboxylic acids is 3. The summed E-state index contributed by atoms with van der Waals surface area (Å²) in [5.74, 6) is -1.71. The predicted molar refractivity (Wildman–Crippen MR) is 132 cm³/mol. The number of anilines is 1. The number of ether oxygens (including phenoxy) is 2. The van der Waals surface area contributed by atoms with Crippen molar-refractivity contribution in [2.24, 2.45) is 5.10 Å². The normalized spacial score (nSPS) is 15.2. The van der Waals surface area contributed by atoms with E-state index in [4.69, 9.17) is 21.1 Å². The zero-order valence-corrected chi connectivity index (χ0v) is 20.7. The predicted octanol–water partition coefficient (Wildman–Crippen LogP) is 3.17. The fraction of sp³-hybridized carbons (Fsp3) is 0.304. The standard InChI is InChI=1S/C23H24BrClN4O5/c1-14-4-6-17(10-19(14)25)28-21(30)13-34-20-7-5-16(24)9-15(20)11-27-29-23(32)22(31)26-12-18-3-2-8-33-18/h4-7,9-11,18H,2-3,8,12-13H2,1H3,(H,26,31)(H,28,30)(H,29,32)/b27-11-/t18-/m0/s1. The first-order valence-electron chi connectivity index (χ1n) is 10.5. The van der Waals surface area contributed by atoms with Crippen LogP contribution in [0.5, 0.6) is 5.75 Å². The quantitative estimate of drug-likeness (QED) is 0.265. The Hall–Kier alpha value is -2.95. The van der Waals surface area contributed by atoms with Gasteiger partial charge in [0, 0.05) is 33.9 Å². The molecule has 9 nitrogen and oxygen atoms in total. The second-order valence-corrected chi connectivity index (χ2v) is 8.85. The van der Waals surface area contributed by atoms with Gasteiger partial charge in [-0.25, -0.2) is 5.43 Å². The maximum absolute atomic E-state index is 12.3. The molecule has 0 spiro atoms. The summed E-state index contributed by atoms with van der Waals surface area (Å²) in [5.41, 5.74) is 4.12. The van der Waals surface area contributed by atoms with Crippen molar-refractivity contribution >= 4 is 57.2 Å². The van der Waals surface area contributed by atoms with Gasteiger partial charge in [-0.2, -0.15) is 5.10 Å². The second kappa shape index (κ2) is 12.5. The summed E-state index contributed by atoms with van der Waals surface area (Å²) in [5, 5.41) is 9.60. The molecule has 0 unspecified atom stereocenters. The Bertz CT molecular complexity index is 1090. The maximum atomic E-state index is 12.3. The first-order chi connectivity index (χ1) is 16.3. The van der Waals surface area contributed by atoms with Gasteiger partial charge in [-0.15, -0.1) is 0 Å². The lowest BCUT2D eigenvalue weighted by atomic mass is 10.2. The number of hydrogen-bond donors (Lipinski definition) is 3. The van der Waals surface area contributed by atoms with Crippen molar-refractivity contribution < 1.29 is 23.9 Å². The minimum atomic E-state index is -0.900. The highest BCUT2D eigenvalue weighted by molar-refractivity contribution is 9.10. The highest BCUT2D eigenvalue weighted by Gasteiger charge is 2.19. The van der Waals surface area contributed by atoms with Crippen LogP contribution in [0.1, 0.15) is 24.0 Å². The molecule has 1 atom stereocenters. The zero-order chi connectivity index (χ0) is 24.5. The summed E-state index contributed by atoms with van der Waals surface area (Å²) in [6.45, 7) is 2.55. The van der Waals surface area contributed by atoms with E-state index < -0.39 is 11.8 Å². The molecule has 11 heteroatoms. The summed E-state index contributed by atoms with van der Waals surface area (Å²) in [4.78, 5) is 36.1. The zero-order valence-electron chi connectivity index (χ0n) is 18.4.